The molecule has 2 rings (SSSR count). The zero-order valence-corrected chi connectivity index (χ0v) is 13.9. The summed E-state index contributed by atoms with van der Waals surface area (Å²) in [5.41, 5.74) is 1.51. The van der Waals surface area contributed by atoms with Crippen LogP contribution in [0.1, 0.15) is 17.2 Å². The smallest absolute Gasteiger partial charge is 0.142 e. The molecule has 0 bridgehead atoms. The molecule has 0 aromatic heterocycles. The maximum Gasteiger partial charge on any atom is 0.142 e. The van der Waals surface area contributed by atoms with Crippen molar-refractivity contribution in [3.63, 3.8) is 0 Å². The van der Waals surface area contributed by atoms with Crippen molar-refractivity contribution < 1.29 is 8.78 Å². The molecule has 1 nitrogen and oxygen atoms in total. The molecule has 2 aromatic rings. The van der Waals surface area contributed by atoms with Crippen LogP contribution in [0.5, 0.6) is 0 Å². The Labute approximate surface area is 133 Å². The van der Waals surface area contributed by atoms with E-state index < -0.39 is 0 Å². The Morgan fingerprint density at radius 1 is 1.10 bits per heavy atom. The summed E-state index contributed by atoms with van der Waals surface area (Å²) in [6.07, 6.45) is 0.572. The minimum atomic E-state index is -0.302. The Hall–Kier alpha value is -0.780. The Bertz CT molecular complexity index is 617. The van der Waals surface area contributed by atoms with Gasteiger partial charge in [0, 0.05) is 11.6 Å². The summed E-state index contributed by atoms with van der Waals surface area (Å²) in [6.45, 7) is 0. The van der Waals surface area contributed by atoms with Crippen LogP contribution >= 0.6 is 31.9 Å². The summed E-state index contributed by atoms with van der Waals surface area (Å²) < 4.78 is 28.2. The van der Waals surface area contributed by atoms with Gasteiger partial charge in [-0.05, 0) is 69.1 Å². The Morgan fingerprint density at radius 3 is 2.50 bits per heavy atom. The third kappa shape index (κ3) is 3.45. The molecule has 1 N–H and O–H groups in total. The van der Waals surface area contributed by atoms with Gasteiger partial charge < -0.3 is 5.32 Å². The van der Waals surface area contributed by atoms with Crippen LogP contribution in [0.2, 0.25) is 0 Å². The molecule has 0 amide bonds. The quantitative estimate of drug-likeness (QED) is 0.756. The first kappa shape index (κ1) is 15.6. The lowest BCUT2D eigenvalue weighted by Gasteiger charge is -2.18. The van der Waals surface area contributed by atoms with Gasteiger partial charge in [-0.15, -0.1) is 0 Å². The maximum absolute atomic E-state index is 14.1. The summed E-state index contributed by atoms with van der Waals surface area (Å²) in [4.78, 5) is 0. The fraction of sp³-hybridized carbons (Fsp3) is 0.200. The lowest BCUT2D eigenvalue weighted by molar-refractivity contribution is 0.530. The van der Waals surface area contributed by atoms with Gasteiger partial charge in [0.05, 0.1) is 8.95 Å². The van der Waals surface area contributed by atoms with Gasteiger partial charge in [-0.25, -0.2) is 8.78 Å². The van der Waals surface area contributed by atoms with E-state index >= 15 is 0 Å². The van der Waals surface area contributed by atoms with Crippen LogP contribution < -0.4 is 5.32 Å². The predicted octanol–water partition coefficient (Wildman–Crippen LogP) is 4.99. The third-order valence-electron chi connectivity index (χ3n) is 3.13. The van der Waals surface area contributed by atoms with Crippen molar-refractivity contribution >= 4 is 31.9 Å². The highest BCUT2D eigenvalue weighted by Gasteiger charge is 2.16. The van der Waals surface area contributed by atoms with Gasteiger partial charge in [0.1, 0.15) is 11.6 Å². The van der Waals surface area contributed by atoms with Gasteiger partial charge in [-0.3, -0.25) is 0 Å². The molecule has 2 aromatic carbocycles. The van der Waals surface area contributed by atoms with E-state index in [0.29, 0.717) is 20.9 Å². The Morgan fingerprint density at radius 2 is 1.85 bits per heavy atom. The predicted molar refractivity (Wildman–Crippen MR) is 83.7 cm³/mol. The summed E-state index contributed by atoms with van der Waals surface area (Å²) >= 11 is 6.35. The fourth-order valence-corrected chi connectivity index (χ4v) is 2.87. The minimum absolute atomic E-state index is 0.176. The zero-order valence-electron chi connectivity index (χ0n) is 10.8. The largest absolute Gasteiger partial charge is 0.313 e. The van der Waals surface area contributed by atoms with E-state index in [0.717, 1.165) is 5.56 Å². The van der Waals surface area contributed by atoms with Gasteiger partial charge in [0.25, 0.3) is 0 Å². The number of hydrogen-bond acceptors (Lipinski definition) is 1. The second-order valence-electron chi connectivity index (χ2n) is 4.44. The van der Waals surface area contributed by atoms with E-state index in [-0.39, 0.29) is 17.7 Å². The summed E-state index contributed by atoms with van der Waals surface area (Å²) in [5, 5.41) is 3.10. The summed E-state index contributed by atoms with van der Waals surface area (Å²) in [7, 11) is 1.78. The molecule has 0 saturated heterocycles. The van der Waals surface area contributed by atoms with E-state index in [1.165, 1.54) is 6.07 Å². The second kappa shape index (κ2) is 6.78. The van der Waals surface area contributed by atoms with Crippen molar-refractivity contribution in [3.8, 4) is 0 Å². The van der Waals surface area contributed by atoms with Crippen molar-refractivity contribution in [3.05, 3.63) is 68.1 Å². The summed E-state index contributed by atoms with van der Waals surface area (Å²) in [5.74, 6) is -0.573. The molecule has 0 spiro atoms. The standard InChI is InChI=1S/C15H13Br2F2N/c1-20-14(10-3-2-4-11(16)15(10)19)8-9-5-6-13(18)12(17)7-9/h2-7,14,20H,8H2,1H3. The highest BCUT2D eigenvalue weighted by atomic mass is 79.9. The third-order valence-corrected chi connectivity index (χ3v) is 4.35. The van der Waals surface area contributed by atoms with Crippen molar-refractivity contribution in [2.24, 2.45) is 0 Å². The van der Waals surface area contributed by atoms with Crippen LogP contribution in [0.3, 0.4) is 0 Å². The maximum atomic E-state index is 14.1. The molecular weight excluding hydrogens is 392 g/mol. The Kier molecular flexibility index (Phi) is 5.29. The van der Waals surface area contributed by atoms with Gasteiger partial charge in [0.15, 0.2) is 0 Å². The highest BCUT2D eigenvalue weighted by Crippen LogP contribution is 2.27. The highest BCUT2D eigenvalue weighted by molar-refractivity contribution is 9.10. The number of rotatable bonds is 4. The lowest BCUT2D eigenvalue weighted by Crippen LogP contribution is -2.20. The average molecular weight is 405 g/mol. The SMILES string of the molecule is CNC(Cc1ccc(F)c(Br)c1)c1cccc(Br)c1F. The van der Waals surface area contributed by atoms with Crippen LogP contribution in [0.15, 0.2) is 45.3 Å². The van der Waals surface area contributed by atoms with Crippen molar-refractivity contribution in [1.82, 2.24) is 5.32 Å². The van der Waals surface area contributed by atoms with Gasteiger partial charge in [0.2, 0.25) is 0 Å². The van der Waals surface area contributed by atoms with E-state index in [4.69, 9.17) is 0 Å². The Balaban J connectivity index is 2.28. The molecule has 0 heterocycles. The molecule has 0 radical (unpaired) electrons. The fourth-order valence-electron chi connectivity index (χ4n) is 2.06. The average Bonchev–Trinajstić information content (AvgIpc) is 2.43. The lowest BCUT2D eigenvalue weighted by atomic mass is 9.98. The topological polar surface area (TPSA) is 12.0 Å². The van der Waals surface area contributed by atoms with E-state index in [1.54, 1.807) is 37.4 Å². The van der Waals surface area contributed by atoms with E-state index in [2.05, 4.69) is 37.2 Å². The van der Waals surface area contributed by atoms with Crippen molar-refractivity contribution in [1.29, 1.82) is 0 Å². The van der Waals surface area contributed by atoms with Crippen LogP contribution in [0.25, 0.3) is 0 Å². The first-order chi connectivity index (χ1) is 9.52. The molecule has 0 fully saturated rings. The molecule has 1 unspecified atom stereocenters. The monoisotopic (exact) mass is 403 g/mol. The van der Waals surface area contributed by atoms with Gasteiger partial charge in [-0.1, -0.05) is 18.2 Å². The van der Waals surface area contributed by atoms with Crippen LogP contribution in [0, 0.1) is 11.6 Å². The van der Waals surface area contributed by atoms with Gasteiger partial charge >= 0.3 is 0 Å². The van der Waals surface area contributed by atoms with Crippen molar-refractivity contribution in [2.45, 2.75) is 12.5 Å². The first-order valence-corrected chi connectivity index (χ1v) is 7.66. The number of halogens is 4. The normalized spacial score (nSPS) is 12.4. The molecule has 1 atom stereocenters. The molecule has 0 aliphatic heterocycles. The number of hydrogen-bond donors (Lipinski definition) is 1. The molecule has 106 valence electrons. The molecule has 0 aliphatic carbocycles. The van der Waals surface area contributed by atoms with Crippen LogP contribution in [0.4, 0.5) is 8.78 Å². The number of benzene rings is 2. The zero-order chi connectivity index (χ0) is 14.7. The molecule has 0 aliphatic rings. The van der Waals surface area contributed by atoms with E-state index in [1.807, 2.05) is 0 Å². The van der Waals surface area contributed by atoms with E-state index in [9.17, 15) is 8.78 Å². The van der Waals surface area contributed by atoms with Gasteiger partial charge in [-0.2, -0.15) is 0 Å². The van der Waals surface area contributed by atoms with Crippen molar-refractivity contribution in [2.75, 3.05) is 7.05 Å². The number of nitrogens with one attached hydrogen (secondary N) is 1. The minimum Gasteiger partial charge on any atom is -0.313 e. The molecule has 5 heteroatoms. The molecular formula is C15H13Br2F2N. The summed E-state index contributed by atoms with van der Waals surface area (Å²) in [6, 6.07) is 9.87. The molecule has 20 heavy (non-hydrogen) atoms. The molecule has 0 saturated carbocycles. The first-order valence-electron chi connectivity index (χ1n) is 6.08. The van der Waals surface area contributed by atoms with Crippen LogP contribution in [-0.4, -0.2) is 7.05 Å². The van der Waals surface area contributed by atoms with Crippen LogP contribution in [-0.2, 0) is 6.42 Å². The second-order valence-corrected chi connectivity index (χ2v) is 6.15. The number of likely N-dealkylation sites (N-methyl/N-ethyl adjacent to an activating group) is 1.